The van der Waals surface area contributed by atoms with Crippen molar-refractivity contribution in [1.82, 2.24) is 9.88 Å². The molecule has 112 valence electrons. The normalized spacial score (nSPS) is 12.1. The third-order valence-electron chi connectivity index (χ3n) is 3.30. The number of carbonyl (C=O) groups is 2. The van der Waals surface area contributed by atoms with E-state index in [2.05, 4.69) is 5.32 Å². The average Bonchev–Trinajstić information content (AvgIpc) is 3.05. The van der Waals surface area contributed by atoms with Crippen molar-refractivity contribution in [2.24, 2.45) is 7.05 Å². The zero-order valence-corrected chi connectivity index (χ0v) is 12.0. The summed E-state index contributed by atoms with van der Waals surface area (Å²) < 4.78 is 7.00. The maximum atomic E-state index is 11.9. The standard InChI is InChI=1S/C15H18N2O4/c1-10(5-6-11-4-3-9-17(11)2)16-14(18)12-7-8-13(21-12)15(19)20/h3-4,7-10H,5-6H2,1-2H3,(H,16,18)(H,19,20). The van der Waals surface area contributed by atoms with E-state index < -0.39 is 11.9 Å². The minimum Gasteiger partial charge on any atom is -0.475 e. The van der Waals surface area contributed by atoms with Gasteiger partial charge >= 0.3 is 5.97 Å². The predicted octanol–water partition coefficient (Wildman–Crippen LogP) is 2.07. The highest BCUT2D eigenvalue weighted by atomic mass is 16.4. The average molecular weight is 290 g/mol. The second-order valence-corrected chi connectivity index (χ2v) is 4.99. The molecule has 0 saturated carbocycles. The summed E-state index contributed by atoms with van der Waals surface area (Å²) in [4.78, 5) is 22.6. The number of aromatic carboxylic acids is 1. The Kier molecular flexibility index (Phi) is 4.47. The lowest BCUT2D eigenvalue weighted by Crippen LogP contribution is -2.32. The molecule has 6 nitrogen and oxygen atoms in total. The van der Waals surface area contributed by atoms with Crippen LogP contribution in [0.3, 0.4) is 0 Å². The number of nitrogens with zero attached hydrogens (tertiary/aromatic N) is 1. The minimum atomic E-state index is -1.19. The van der Waals surface area contributed by atoms with Gasteiger partial charge in [0.1, 0.15) is 0 Å². The van der Waals surface area contributed by atoms with Crippen LogP contribution in [0, 0.1) is 0 Å². The Labute approximate surface area is 122 Å². The molecule has 0 spiro atoms. The SMILES string of the molecule is CC(CCc1cccn1C)NC(=O)c1ccc(C(=O)O)o1. The first kappa shape index (κ1) is 14.9. The molecule has 2 aromatic rings. The predicted molar refractivity (Wildman–Crippen MR) is 76.3 cm³/mol. The van der Waals surface area contributed by atoms with Gasteiger partial charge in [-0.1, -0.05) is 0 Å². The van der Waals surface area contributed by atoms with Crippen LogP contribution in [0.5, 0.6) is 0 Å². The molecule has 1 unspecified atom stereocenters. The van der Waals surface area contributed by atoms with Crippen molar-refractivity contribution in [2.45, 2.75) is 25.8 Å². The number of nitrogens with one attached hydrogen (secondary N) is 1. The second kappa shape index (κ2) is 6.30. The zero-order chi connectivity index (χ0) is 15.4. The molecule has 0 bridgehead atoms. The van der Waals surface area contributed by atoms with Gasteiger partial charge in [-0.15, -0.1) is 0 Å². The van der Waals surface area contributed by atoms with Crippen LogP contribution in [0.4, 0.5) is 0 Å². The number of hydrogen-bond acceptors (Lipinski definition) is 3. The highest BCUT2D eigenvalue weighted by Gasteiger charge is 2.16. The van der Waals surface area contributed by atoms with Crippen LogP contribution in [-0.4, -0.2) is 27.6 Å². The van der Waals surface area contributed by atoms with Gasteiger partial charge in [-0.05, 0) is 44.0 Å². The van der Waals surface area contributed by atoms with Crippen molar-refractivity contribution < 1.29 is 19.1 Å². The Balaban J connectivity index is 1.86. The fourth-order valence-electron chi connectivity index (χ4n) is 2.06. The van der Waals surface area contributed by atoms with Gasteiger partial charge in [-0.2, -0.15) is 0 Å². The van der Waals surface area contributed by atoms with Crippen LogP contribution < -0.4 is 5.32 Å². The molecular formula is C15H18N2O4. The monoisotopic (exact) mass is 290 g/mol. The van der Waals surface area contributed by atoms with Crippen molar-refractivity contribution in [2.75, 3.05) is 0 Å². The summed E-state index contributed by atoms with van der Waals surface area (Å²) in [5, 5.41) is 11.5. The molecule has 0 aliphatic heterocycles. The molecule has 1 atom stereocenters. The van der Waals surface area contributed by atoms with Crippen LogP contribution in [0.1, 0.15) is 40.1 Å². The lowest BCUT2D eigenvalue weighted by Gasteiger charge is -2.13. The fraction of sp³-hybridized carbons (Fsp3) is 0.333. The van der Waals surface area contributed by atoms with E-state index >= 15 is 0 Å². The summed E-state index contributed by atoms with van der Waals surface area (Å²) in [7, 11) is 1.98. The maximum absolute atomic E-state index is 11.9. The number of carboxylic acid groups (broad SMARTS) is 1. The molecule has 1 amide bonds. The first-order valence-electron chi connectivity index (χ1n) is 6.71. The van der Waals surface area contributed by atoms with Crippen molar-refractivity contribution in [3.8, 4) is 0 Å². The third-order valence-corrected chi connectivity index (χ3v) is 3.30. The molecule has 0 aliphatic rings. The van der Waals surface area contributed by atoms with E-state index in [0.29, 0.717) is 0 Å². The first-order valence-corrected chi connectivity index (χ1v) is 6.71. The molecule has 0 saturated heterocycles. The van der Waals surface area contributed by atoms with Gasteiger partial charge in [0.2, 0.25) is 5.76 Å². The zero-order valence-electron chi connectivity index (χ0n) is 12.0. The van der Waals surface area contributed by atoms with Gasteiger partial charge in [0.25, 0.3) is 5.91 Å². The number of furan rings is 1. The quantitative estimate of drug-likeness (QED) is 0.853. The molecule has 2 aromatic heterocycles. The molecule has 0 fully saturated rings. The smallest absolute Gasteiger partial charge is 0.371 e. The maximum Gasteiger partial charge on any atom is 0.371 e. The summed E-state index contributed by atoms with van der Waals surface area (Å²) in [6, 6.07) is 6.62. The van der Waals surface area contributed by atoms with Crippen molar-refractivity contribution in [3.63, 3.8) is 0 Å². The van der Waals surface area contributed by atoms with Crippen molar-refractivity contribution in [3.05, 3.63) is 47.7 Å². The van der Waals surface area contributed by atoms with E-state index in [1.54, 1.807) is 0 Å². The largest absolute Gasteiger partial charge is 0.475 e. The molecule has 2 rings (SSSR count). The van der Waals surface area contributed by atoms with E-state index in [1.807, 2.05) is 36.9 Å². The molecule has 0 aliphatic carbocycles. The Bertz CT molecular complexity index is 642. The lowest BCUT2D eigenvalue weighted by atomic mass is 10.1. The molecular weight excluding hydrogens is 272 g/mol. The fourth-order valence-corrected chi connectivity index (χ4v) is 2.06. The molecule has 0 aromatic carbocycles. The molecule has 2 N–H and O–H groups in total. The number of aromatic nitrogens is 1. The van der Waals surface area contributed by atoms with E-state index in [1.165, 1.54) is 17.8 Å². The number of carboxylic acids is 1. The summed E-state index contributed by atoms with van der Waals surface area (Å²) >= 11 is 0. The summed E-state index contributed by atoms with van der Waals surface area (Å²) in [5.41, 5.74) is 1.20. The van der Waals surface area contributed by atoms with Gasteiger partial charge < -0.3 is 19.4 Å². The van der Waals surface area contributed by atoms with Gasteiger partial charge in [0.15, 0.2) is 5.76 Å². The van der Waals surface area contributed by atoms with Crippen LogP contribution in [-0.2, 0) is 13.5 Å². The Morgan fingerprint density at radius 2 is 2.05 bits per heavy atom. The van der Waals surface area contributed by atoms with Gasteiger partial charge in [0, 0.05) is 25.0 Å². The van der Waals surface area contributed by atoms with Crippen LogP contribution in [0.2, 0.25) is 0 Å². The van der Waals surface area contributed by atoms with Gasteiger partial charge in [-0.3, -0.25) is 4.79 Å². The summed E-state index contributed by atoms with van der Waals surface area (Å²) in [5.74, 6) is -1.82. The van der Waals surface area contributed by atoms with E-state index in [-0.39, 0.29) is 17.6 Å². The molecule has 21 heavy (non-hydrogen) atoms. The van der Waals surface area contributed by atoms with Crippen LogP contribution >= 0.6 is 0 Å². The second-order valence-electron chi connectivity index (χ2n) is 4.99. The summed E-state index contributed by atoms with van der Waals surface area (Å²) in [6.45, 7) is 1.90. The van der Waals surface area contributed by atoms with E-state index in [0.717, 1.165) is 12.8 Å². The third kappa shape index (κ3) is 3.75. The van der Waals surface area contributed by atoms with Gasteiger partial charge in [0.05, 0.1) is 0 Å². The van der Waals surface area contributed by atoms with Crippen molar-refractivity contribution >= 4 is 11.9 Å². The van der Waals surface area contributed by atoms with Crippen molar-refractivity contribution in [1.29, 1.82) is 0 Å². The first-order chi connectivity index (χ1) is 9.97. The number of hydrogen-bond donors (Lipinski definition) is 2. The van der Waals surface area contributed by atoms with Crippen LogP contribution in [0.15, 0.2) is 34.9 Å². The highest BCUT2D eigenvalue weighted by Crippen LogP contribution is 2.09. The Hall–Kier alpha value is -2.50. The number of rotatable bonds is 6. The molecule has 6 heteroatoms. The highest BCUT2D eigenvalue weighted by molar-refractivity contribution is 5.93. The minimum absolute atomic E-state index is 0.0121. The molecule has 2 heterocycles. The topological polar surface area (TPSA) is 84.5 Å². The number of amides is 1. The molecule has 0 radical (unpaired) electrons. The Morgan fingerprint density at radius 3 is 2.62 bits per heavy atom. The van der Waals surface area contributed by atoms with E-state index in [4.69, 9.17) is 9.52 Å². The lowest BCUT2D eigenvalue weighted by molar-refractivity contribution is 0.0659. The summed E-state index contributed by atoms with van der Waals surface area (Å²) in [6.07, 6.45) is 3.62. The number of carbonyl (C=O) groups excluding carboxylic acids is 1. The van der Waals surface area contributed by atoms with E-state index in [9.17, 15) is 9.59 Å². The van der Waals surface area contributed by atoms with Gasteiger partial charge in [-0.25, -0.2) is 4.79 Å². The Morgan fingerprint density at radius 1 is 1.33 bits per heavy atom. The van der Waals surface area contributed by atoms with Crippen LogP contribution in [0.25, 0.3) is 0 Å². The number of aryl methyl sites for hydroxylation is 2.